The molecule has 0 unspecified atom stereocenters. The molecule has 4 aromatic heterocycles. The first-order valence-corrected chi connectivity index (χ1v) is 14.1. The molecule has 2 aliphatic rings. The molecule has 20 nitrogen and oxygen atoms in total. The normalized spacial score (nSPS) is 26.4. The fourth-order valence-corrected chi connectivity index (χ4v) is 6.36. The predicted molar refractivity (Wildman–Crippen MR) is 143 cm³/mol. The summed E-state index contributed by atoms with van der Waals surface area (Å²) in [7, 11) is -4.15. The number of aldehydes is 1. The standard InChI is InChI=1S/C21H26N12O8S/c22-20-27-15-13(17(36)29-20)24-6-32(15)12-2-10(11(5-35)41-12)31-42(38,39)26-3-9-1-8(4-34)19(40-9)33-7-25-14-16(33)28-21(23)30-18(14)37/h4,6-12,19,26,31,35H,1-3,5H2,(H3,22,27,29,36)(H3,23,28,30,37)/t8-,9-,10-,11+,12+,19+/m0/s1. The smallest absolute Gasteiger partial charge is 0.280 e. The number of nitrogens with zero attached hydrogens (tertiary/aromatic N) is 6. The van der Waals surface area contributed by atoms with Crippen molar-refractivity contribution in [2.24, 2.45) is 5.92 Å². The highest BCUT2D eigenvalue weighted by Gasteiger charge is 2.41. The summed E-state index contributed by atoms with van der Waals surface area (Å²) in [6.45, 7) is -0.695. The summed E-state index contributed by atoms with van der Waals surface area (Å²) >= 11 is 0. The number of nitrogens with two attached hydrogens (primary N) is 2. The number of carbonyl (C=O) groups is 1. The Morgan fingerprint density at radius 3 is 2.26 bits per heavy atom. The minimum Gasteiger partial charge on any atom is -0.394 e. The molecule has 0 bridgehead atoms. The Labute approximate surface area is 234 Å². The van der Waals surface area contributed by atoms with Gasteiger partial charge in [0.2, 0.25) is 11.9 Å². The van der Waals surface area contributed by atoms with Crippen LogP contribution in [0.4, 0.5) is 11.9 Å². The van der Waals surface area contributed by atoms with E-state index in [4.69, 9.17) is 20.9 Å². The van der Waals surface area contributed by atoms with Gasteiger partial charge >= 0.3 is 0 Å². The number of hydrogen-bond donors (Lipinski definition) is 7. The minimum absolute atomic E-state index is 0.0102. The van der Waals surface area contributed by atoms with Crippen LogP contribution in [0.3, 0.4) is 0 Å². The van der Waals surface area contributed by atoms with Gasteiger partial charge in [-0.25, -0.2) is 9.97 Å². The van der Waals surface area contributed by atoms with Gasteiger partial charge in [0.15, 0.2) is 22.3 Å². The van der Waals surface area contributed by atoms with E-state index in [-0.39, 0.29) is 53.6 Å². The summed E-state index contributed by atoms with van der Waals surface area (Å²) in [6, 6.07) is -0.860. The molecule has 0 saturated carbocycles. The number of aliphatic hydroxyl groups is 1. The SMILES string of the molecule is Nc1nc2c(ncn2[C@@H]2O[C@H](CNS(=O)(=O)N[C@H]3C[C@H](n4cnc5c(=O)[nH]c(N)nc54)O[C@@H]3CO)C[C@H]2C=O)c(=O)[nH]1. The number of hydrogen-bond acceptors (Lipinski definition) is 14. The summed E-state index contributed by atoms with van der Waals surface area (Å²) in [5.41, 5.74) is 10.5. The number of aliphatic hydroxyl groups excluding tert-OH is 1. The monoisotopic (exact) mass is 606 g/mol. The Bertz CT molecular complexity index is 1880. The largest absolute Gasteiger partial charge is 0.394 e. The average Bonchev–Trinajstić information content (AvgIpc) is 3.71. The van der Waals surface area contributed by atoms with Crippen LogP contribution in [0.2, 0.25) is 0 Å². The third kappa shape index (κ3) is 5.01. The number of nitrogen functional groups attached to an aromatic ring is 2. The number of ether oxygens (including phenoxy) is 2. The van der Waals surface area contributed by atoms with Gasteiger partial charge in [-0.05, 0) is 6.42 Å². The van der Waals surface area contributed by atoms with Crippen molar-refractivity contribution in [3.63, 3.8) is 0 Å². The third-order valence-corrected chi connectivity index (χ3v) is 8.28. The lowest BCUT2D eigenvalue weighted by Crippen LogP contribution is -2.48. The number of anilines is 2. The highest BCUT2D eigenvalue weighted by atomic mass is 32.2. The van der Waals surface area contributed by atoms with Gasteiger partial charge in [-0.15, -0.1) is 0 Å². The molecular formula is C21H26N12O8S. The maximum Gasteiger partial charge on any atom is 0.280 e. The van der Waals surface area contributed by atoms with Crippen molar-refractivity contribution in [2.75, 3.05) is 24.6 Å². The zero-order valence-corrected chi connectivity index (χ0v) is 22.4. The van der Waals surface area contributed by atoms with Crippen molar-refractivity contribution in [3.8, 4) is 0 Å². The van der Waals surface area contributed by atoms with Gasteiger partial charge in [0.05, 0.1) is 43.4 Å². The van der Waals surface area contributed by atoms with Crippen LogP contribution in [0.1, 0.15) is 25.3 Å². The summed E-state index contributed by atoms with van der Waals surface area (Å²) in [4.78, 5) is 56.9. The number of fused-ring (bicyclic) bond motifs is 2. The quantitative estimate of drug-likeness (QED) is 0.0914. The van der Waals surface area contributed by atoms with Crippen LogP contribution in [-0.2, 0) is 24.5 Å². The number of carbonyl (C=O) groups excluding carboxylic acids is 1. The fourth-order valence-electron chi connectivity index (χ4n) is 5.22. The second-order valence-electron chi connectivity index (χ2n) is 9.86. The number of nitrogens with one attached hydrogen (secondary N) is 4. The number of rotatable bonds is 9. The van der Waals surface area contributed by atoms with Crippen LogP contribution < -0.4 is 32.0 Å². The molecule has 2 aliphatic heterocycles. The highest BCUT2D eigenvalue weighted by molar-refractivity contribution is 7.87. The fraction of sp³-hybridized carbons (Fsp3) is 0.476. The van der Waals surface area contributed by atoms with Crippen LogP contribution in [0.15, 0.2) is 22.2 Å². The van der Waals surface area contributed by atoms with Crippen LogP contribution in [0, 0.1) is 5.92 Å². The van der Waals surface area contributed by atoms with Gasteiger partial charge in [0, 0.05) is 13.0 Å². The van der Waals surface area contributed by atoms with E-state index in [1.807, 2.05) is 0 Å². The van der Waals surface area contributed by atoms with Crippen LogP contribution >= 0.6 is 0 Å². The topological polar surface area (TPSA) is 293 Å². The second-order valence-corrected chi connectivity index (χ2v) is 11.4. The van der Waals surface area contributed by atoms with Crippen molar-refractivity contribution in [3.05, 3.63) is 33.4 Å². The van der Waals surface area contributed by atoms with E-state index in [1.54, 1.807) is 0 Å². The first-order valence-electron chi connectivity index (χ1n) is 12.7. The van der Waals surface area contributed by atoms with Crippen molar-refractivity contribution in [1.82, 2.24) is 48.5 Å². The molecule has 0 aromatic carbocycles. The van der Waals surface area contributed by atoms with Crippen LogP contribution in [0.5, 0.6) is 0 Å². The van der Waals surface area contributed by atoms with Gasteiger partial charge in [0.25, 0.3) is 21.3 Å². The Kier molecular flexibility index (Phi) is 6.98. The molecule has 0 spiro atoms. The van der Waals surface area contributed by atoms with E-state index in [9.17, 15) is 27.9 Å². The van der Waals surface area contributed by atoms with E-state index >= 15 is 0 Å². The van der Waals surface area contributed by atoms with Gasteiger partial charge in [-0.1, -0.05) is 0 Å². The number of imidazole rings is 2. The van der Waals surface area contributed by atoms with E-state index in [1.165, 1.54) is 21.8 Å². The third-order valence-electron chi connectivity index (χ3n) is 7.12. The molecule has 0 aliphatic carbocycles. The lowest BCUT2D eigenvalue weighted by molar-refractivity contribution is -0.114. The van der Waals surface area contributed by atoms with E-state index in [0.29, 0.717) is 6.29 Å². The van der Waals surface area contributed by atoms with Gasteiger partial charge in [0.1, 0.15) is 18.7 Å². The predicted octanol–water partition coefficient (Wildman–Crippen LogP) is -3.41. The Hall–Kier alpha value is -4.28. The number of aromatic amines is 2. The molecule has 2 saturated heterocycles. The Morgan fingerprint density at radius 2 is 1.64 bits per heavy atom. The molecule has 0 radical (unpaired) electrons. The van der Waals surface area contributed by atoms with Crippen LogP contribution in [0.25, 0.3) is 22.3 Å². The Balaban J connectivity index is 1.12. The highest BCUT2D eigenvalue weighted by Crippen LogP contribution is 2.35. The maximum absolute atomic E-state index is 13.0. The summed E-state index contributed by atoms with van der Waals surface area (Å²) in [5, 5.41) is 9.85. The molecule has 6 heterocycles. The van der Waals surface area contributed by atoms with Gasteiger partial charge in [-0.2, -0.15) is 27.8 Å². The summed E-state index contributed by atoms with van der Waals surface area (Å²) < 4.78 is 45.4. The first kappa shape index (κ1) is 27.9. The zero-order valence-electron chi connectivity index (χ0n) is 21.6. The molecule has 2 fully saturated rings. The molecule has 6 rings (SSSR count). The molecule has 9 N–H and O–H groups in total. The van der Waals surface area contributed by atoms with E-state index in [2.05, 4.69) is 39.3 Å². The molecule has 0 amide bonds. The molecule has 4 aromatic rings. The lowest BCUT2D eigenvalue weighted by Gasteiger charge is -2.19. The first-order chi connectivity index (χ1) is 20.1. The second kappa shape index (κ2) is 10.5. The lowest BCUT2D eigenvalue weighted by atomic mass is 10.1. The van der Waals surface area contributed by atoms with Crippen molar-refractivity contribution >= 4 is 50.7 Å². The van der Waals surface area contributed by atoms with Crippen molar-refractivity contribution in [2.45, 2.75) is 43.5 Å². The maximum atomic E-state index is 13.0. The minimum atomic E-state index is -4.15. The van der Waals surface area contributed by atoms with Crippen molar-refractivity contribution < 1.29 is 27.8 Å². The molecule has 6 atom stereocenters. The average molecular weight is 607 g/mol. The number of aromatic nitrogens is 8. The summed E-state index contributed by atoms with van der Waals surface area (Å²) in [6.07, 6.45) is 0.206. The van der Waals surface area contributed by atoms with E-state index in [0.717, 1.165) is 0 Å². The molecular weight excluding hydrogens is 580 g/mol. The molecule has 21 heteroatoms. The van der Waals surface area contributed by atoms with Gasteiger partial charge in [-0.3, -0.25) is 28.7 Å². The molecule has 224 valence electrons. The number of H-pyrrole nitrogens is 2. The Morgan fingerprint density at radius 1 is 1.02 bits per heavy atom. The zero-order chi connectivity index (χ0) is 29.8. The summed E-state index contributed by atoms with van der Waals surface area (Å²) in [5.74, 6) is -0.953. The molecule has 42 heavy (non-hydrogen) atoms. The van der Waals surface area contributed by atoms with E-state index < -0.39 is 64.6 Å². The van der Waals surface area contributed by atoms with Gasteiger partial charge < -0.3 is 30.8 Å². The van der Waals surface area contributed by atoms with Crippen molar-refractivity contribution in [1.29, 1.82) is 0 Å². The van der Waals surface area contributed by atoms with Crippen LogP contribution in [-0.4, -0.2) is 90.2 Å².